The van der Waals surface area contributed by atoms with Crippen molar-refractivity contribution in [3.8, 4) is 0 Å². The summed E-state index contributed by atoms with van der Waals surface area (Å²) < 4.78 is 27.6. The number of rotatable bonds is 4. The predicted molar refractivity (Wildman–Crippen MR) is 85.5 cm³/mol. The highest BCUT2D eigenvalue weighted by atomic mass is 79.9. The number of anilines is 1. The Kier molecular flexibility index (Phi) is 4.50. The summed E-state index contributed by atoms with van der Waals surface area (Å²) in [4.78, 5) is 0.286. The Balaban J connectivity index is 2.53. The summed E-state index contributed by atoms with van der Waals surface area (Å²) in [6.07, 6.45) is 0. The van der Waals surface area contributed by atoms with Gasteiger partial charge in [-0.25, -0.2) is 8.42 Å². The van der Waals surface area contributed by atoms with Crippen molar-refractivity contribution in [3.05, 3.63) is 58.6 Å². The molecule has 0 aliphatic heterocycles. The van der Waals surface area contributed by atoms with Gasteiger partial charge in [-0.3, -0.25) is 4.31 Å². The fourth-order valence-corrected chi connectivity index (χ4v) is 4.65. The highest BCUT2D eigenvalue weighted by Gasteiger charge is 2.25. The van der Waals surface area contributed by atoms with Crippen LogP contribution in [0.5, 0.6) is 0 Å². The predicted octanol–water partition coefficient (Wildman–Crippen LogP) is 3.97. The normalized spacial score (nSPS) is 11.3. The molecule has 0 bridgehead atoms. The number of halogens is 1. The zero-order valence-electron chi connectivity index (χ0n) is 11.4. The van der Waals surface area contributed by atoms with Crippen LogP contribution in [0.4, 0.5) is 5.69 Å². The first-order valence-corrected chi connectivity index (χ1v) is 8.54. The van der Waals surface area contributed by atoms with E-state index in [2.05, 4.69) is 15.9 Å². The summed E-state index contributed by atoms with van der Waals surface area (Å²) in [5.41, 5.74) is 1.68. The molecule has 2 aromatic carbocycles. The van der Waals surface area contributed by atoms with E-state index < -0.39 is 10.0 Å². The van der Waals surface area contributed by atoms with Crippen LogP contribution in [0.2, 0.25) is 0 Å². The zero-order chi connectivity index (χ0) is 14.8. The van der Waals surface area contributed by atoms with E-state index in [4.69, 9.17) is 0 Å². The van der Waals surface area contributed by atoms with Gasteiger partial charge in [-0.05, 0) is 59.6 Å². The number of nitrogens with zero attached hydrogens (tertiary/aromatic N) is 1. The molecule has 0 amide bonds. The zero-order valence-corrected chi connectivity index (χ0v) is 13.8. The fraction of sp³-hybridized carbons (Fsp3) is 0.200. The smallest absolute Gasteiger partial charge is 0.265 e. The second kappa shape index (κ2) is 5.97. The number of benzene rings is 2. The van der Waals surface area contributed by atoms with Gasteiger partial charge in [-0.15, -0.1) is 0 Å². The Morgan fingerprint density at radius 1 is 1.10 bits per heavy atom. The van der Waals surface area contributed by atoms with Crippen molar-refractivity contribution in [3.63, 3.8) is 0 Å². The molecular formula is C15H16BrNO2S. The lowest BCUT2D eigenvalue weighted by Gasteiger charge is -2.23. The summed E-state index contributed by atoms with van der Waals surface area (Å²) in [7, 11) is -3.57. The maximum atomic E-state index is 12.8. The van der Waals surface area contributed by atoms with E-state index in [0.29, 0.717) is 16.7 Å². The maximum Gasteiger partial charge on any atom is 0.265 e. The second-order valence-electron chi connectivity index (χ2n) is 4.44. The van der Waals surface area contributed by atoms with Crippen LogP contribution in [0.15, 0.2) is 57.9 Å². The standard InChI is InChI=1S/C15H16BrNO2S/c1-3-17(13-7-5-4-6-8-13)20(18,19)15-10-9-12(2)11-14(15)16/h4-11H,3H2,1-2H3. The van der Waals surface area contributed by atoms with Crippen LogP contribution in [0.1, 0.15) is 12.5 Å². The van der Waals surface area contributed by atoms with Crippen molar-refractivity contribution in [1.82, 2.24) is 0 Å². The van der Waals surface area contributed by atoms with E-state index >= 15 is 0 Å². The Bertz CT molecular complexity index is 699. The Labute approximate surface area is 128 Å². The molecule has 0 saturated carbocycles. The molecule has 0 aliphatic rings. The lowest BCUT2D eigenvalue weighted by atomic mass is 10.2. The first kappa shape index (κ1) is 15.1. The van der Waals surface area contributed by atoms with Crippen molar-refractivity contribution >= 4 is 31.6 Å². The van der Waals surface area contributed by atoms with E-state index in [0.717, 1.165) is 5.56 Å². The molecule has 0 aromatic heterocycles. The molecule has 0 N–H and O–H groups in total. The monoisotopic (exact) mass is 353 g/mol. The van der Waals surface area contributed by atoms with Gasteiger partial charge in [0.2, 0.25) is 0 Å². The molecule has 0 radical (unpaired) electrons. The van der Waals surface area contributed by atoms with Gasteiger partial charge in [-0.2, -0.15) is 0 Å². The maximum absolute atomic E-state index is 12.8. The van der Waals surface area contributed by atoms with Crippen LogP contribution >= 0.6 is 15.9 Å². The summed E-state index contributed by atoms with van der Waals surface area (Å²) in [6, 6.07) is 14.4. The molecule has 2 rings (SSSR count). The van der Waals surface area contributed by atoms with E-state index in [-0.39, 0.29) is 4.90 Å². The highest BCUT2D eigenvalue weighted by Crippen LogP contribution is 2.29. The molecule has 0 saturated heterocycles. The molecule has 20 heavy (non-hydrogen) atoms. The largest absolute Gasteiger partial charge is 0.267 e. The second-order valence-corrected chi connectivity index (χ2v) is 7.12. The third-order valence-electron chi connectivity index (χ3n) is 2.99. The van der Waals surface area contributed by atoms with Gasteiger partial charge in [0.15, 0.2) is 0 Å². The van der Waals surface area contributed by atoms with Crippen LogP contribution < -0.4 is 4.31 Å². The number of sulfonamides is 1. The molecule has 0 atom stereocenters. The quantitative estimate of drug-likeness (QED) is 0.833. The van der Waals surface area contributed by atoms with Crippen LogP contribution in [-0.2, 0) is 10.0 Å². The van der Waals surface area contributed by atoms with Crippen molar-refractivity contribution < 1.29 is 8.42 Å². The molecule has 3 nitrogen and oxygen atoms in total. The average molecular weight is 354 g/mol. The fourth-order valence-electron chi connectivity index (χ4n) is 2.02. The highest BCUT2D eigenvalue weighted by molar-refractivity contribution is 9.10. The molecule has 2 aromatic rings. The summed E-state index contributed by atoms with van der Waals surface area (Å²) in [5.74, 6) is 0. The minimum absolute atomic E-state index is 0.286. The van der Waals surface area contributed by atoms with E-state index in [1.165, 1.54) is 4.31 Å². The summed E-state index contributed by atoms with van der Waals surface area (Å²) in [6.45, 7) is 4.13. The molecule has 106 valence electrons. The number of hydrogen-bond donors (Lipinski definition) is 0. The van der Waals surface area contributed by atoms with Crippen molar-refractivity contribution in [2.45, 2.75) is 18.7 Å². The van der Waals surface area contributed by atoms with Crippen LogP contribution in [0, 0.1) is 6.92 Å². The van der Waals surface area contributed by atoms with Crippen molar-refractivity contribution in [1.29, 1.82) is 0 Å². The molecule has 5 heteroatoms. The minimum Gasteiger partial charge on any atom is -0.267 e. The SMILES string of the molecule is CCN(c1ccccc1)S(=O)(=O)c1ccc(C)cc1Br. The van der Waals surface area contributed by atoms with Gasteiger partial charge in [0.05, 0.1) is 5.69 Å². The Morgan fingerprint density at radius 3 is 2.30 bits per heavy atom. The topological polar surface area (TPSA) is 37.4 Å². The lowest BCUT2D eigenvalue weighted by molar-refractivity contribution is 0.591. The number of aryl methyl sites for hydroxylation is 1. The molecule has 0 fully saturated rings. The summed E-state index contributed by atoms with van der Waals surface area (Å²) in [5, 5.41) is 0. The molecule has 0 unspecified atom stereocenters. The van der Waals surface area contributed by atoms with Gasteiger partial charge in [0.1, 0.15) is 4.90 Å². The van der Waals surface area contributed by atoms with E-state index in [9.17, 15) is 8.42 Å². The van der Waals surface area contributed by atoms with Crippen molar-refractivity contribution in [2.24, 2.45) is 0 Å². The molecular weight excluding hydrogens is 338 g/mol. The third-order valence-corrected chi connectivity index (χ3v) is 5.87. The Morgan fingerprint density at radius 2 is 1.75 bits per heavy atom. The molecule has 0 aliphatic carbocycles. The first-order valence-electron chi connectivity index (χ1n) is 6.30. The van der Waals surface area contributed by atoms with E-state index in [1.807, 2.05) is 38.1 Å². The number of para-hydroxylation sites is 1. The minimum atomic E-state index is -3.57. The molecule has 0 spiro atoms. The van der Waals surface area contributed by atoms with Crippen LogP contribution in [0.3, 0.4) is 0 Å². The van der Waals surface area contributed by atoms with Gasteiger partial charge >= 0.3 is 0 Å². The third kappa shape index (κ3) is 2.88. The van der Waals surface area contributed by atoms with Crippen LogP contribution in [0.25, 0.3) is 0 Å². The van der Waals surface area contributed by atoms with Crippen molar-refractivity contribution in [2.75, 3.05) is 10.8 Å². The van der Waals surface area contributed by atoms with Gasteiger partial charge in [0, 0.05) is 11.0 Å². The van der Waals surface area contributed by atoms with Gasteiger partial charge in [-0.1, -0.05) is 24.3 Å². The van der Waals surface area contributed by atoms with Crippen LogP contribution in [-0.4, -0.2) is 15.0 Å². The Hall–Kier alpha value is -1.33. The van der Waals surface area contributed by atoms with E-state index in [1.54, 1.807) is 24.3 Å². The van der Waals surface area contributed by atoms with Gasteiger partial charge in [0.25, 0.3) is 10.0 Å². The van der Waals surface area contributed by atoms with Gasteiger partial charge < -0.3 is 0 Å². The molecule has 0 heterocycles. The first-order chi connectivity index (χ1) is 9.46. The average Bonchev–Trinajstić information content (AvgIpc) is 2.40. The lowest BCUT2D eigenvalue weighted by Crippen LogP contribution is -2.31. The number of hydrogen-bond acceptors (Lipinski definition) is 2. The summed E-state index contributed by atoms with van der Waals surface area (Å²) >= 11 is 3.35.